The molecular weight excluding hydrogens is 272 g/mol. The summed E-state index contributed by atoms with van der Waals surface area (Å²) in [4.78, 5) is 37.2. The van der Waals surface area contributed by atoms with Crippen LogP contribution in [-0.4, -0.2) is 46.4 Å². The standard InChI is InChI=1S/C15H24N2O4/c1-9(2)13(15(20)21)16-14(19)10-7-12(18)17(8-10)11-5-3-4-6-11/h9-11,13H,3-8H2,1-2H3,(H,16,19)(H,20,21)/t10?,13-/m1/s1. The fourth-order valence-electron chi connectivity index (χ4n) is 3.26. The van der Waals surface area contributed by atoms with Crippen LogP contribution in [0.25, 0.3) is 0 Å². The second-order valence-electron chi connectivity index (χ2n) is 6.45. The predicted octanol–water partition coefficient (Wildman–Crippen LogP) is 1.00. The molecule has 0 aromatic heterocycles. The molecule has 6 heteroatoms. The summed E-state index contributed by atoms with van der Waals surface area (Å²) in [5.74, 6) is -1.92. The number of nitrogens with zero attached hydrogens (tertiary/aromatic N) is 1. The van der Waals surface area contributed by atoms with Gasteiger partial charge in [0.15, 0.2) is 0 Å². The Morgan fingerprint density at radius 1 is 1.29 bits per heavy atom. The van der Waals surface area contributed by atoms with Gasteiger partial charge in [0.2, 0.25) is 11.8 Å². The summed E-state index contributed by atoms with van der Waals surface area (Å²) >= 11 is 0. The minimum atomic E-state index is -1.03. The number of amides is 2. The van der Waals surface area contributed by atoms with Crippen molar-refractivity contribution < 1.29 is 19.5 Å². The van der Waals surface area contributed by atoms with E-state index in [-0.39, 0.29) is 30.2 Å². The van der Waals surface area contributed by atoms with E-state index in [2.05, 4.69) is 5.32 Å². The molecule has 0 spiro atoms. The Morgan fingerprint density at radius 2 is 1.90 bits per heavy atom. The Hall–Kier alpha value is -1.59. The molecule has 0 bridgehead atoms. The zero-order valence-electron chi connectivity index (χ0n) is 12.7. The van der Waals surface area contributed by atoms with Gasteiger partial charge in [0.1, 0.15) is 6.04 Å². The van der Waals surface area contributed by atoms with Crippen molar-refractivity contribution in [1.82, 2.24) is 10.2 Å². The number of likely N-dealkylation sites (tertiary alicyclic amines) is 1. The lowest BCUT2D eigenvalue weighted by atomic mass is 10.0. The summed E-state index contributed by atoms with van der Waals surface area (Å²) in [6.07, 6.45) is 4.51. The van der Waals surface area contributed by atoms with Crippen LogP contribution >= 0.6 is 0 Å². The summed E-state index contributed by atoms with van der Waals surface area (Å²) < 4.78 is 0. The van der Waals surface area contributed by atoms with Crippen molar-refractivity contribution in [2.24, 2.45) is 11.8 Å². The number of carboxylic acid groups (broad SMARTS) is 1. The first-order valence-corrected chi connectivity index (χ1v) is 7.72. The van der Waals surface area contributed by atoms with Crippen LogP contribution in [-0.2, 0) is 14.4 Å². The Morgan fingerprint density at radius 3 is 2.43 bits per heavy atom. The molecule has 1 unspecified atom stereocenters. The van der Waals surface area contributed by atoms with Crippen molar-refractivity contribution in [2.75, 3.05) is 6.54 Å². The molecule has 1 heterocycles. The third-order valence-electron chi connectivity index (χ3n) is 4.53. The molecule has 1 saturated heterocycles. The highest BCUT2D eigenvalue weighted by Crippen LogP contribution is 2.29. The van der Waals surface area contributed by atoms with Crippen LogP contribution in [0, 0.1) is 11.8 Å². The van der Waals surface area contributed by atoms with E-state index in [0.717, 1.165) is 25.7 Å². The van der Waals surface area contributed by atoms with Gasteiger partial charge in [-0.05, 0) is 18.8 Å². The van der Waals surface area contributed by atoms with E-state index in [9.17, 15) is 14.4 Å². The molecule has 1 aliphatic heterocycles. The zero-order valence-corrected chi connectivity index (χ0v) is 12.7. The maximum absolute atomic E-state index is 12.2. The van der Waals surface area contributed by atoms with Gasteiger partial charge in [0, 0.05) is 19.0 Å². The molecule has 2 N–H and O–H groups in total. The number of hydrogen-bond donors (Lipinski definition) is 2. The molecule has 0 aromatic rings. The van der Waals surface area contributed by atoms with Gasteiger partial charge in [0.25, 0.3) is 0 Å². The lowest BCUT2D eigenvalue weighted by Gasteiger charge is -2.24. The second-order valence-corrected chi connectivity index (χ2v) is 6.45. The summed E-state index contributed by atoms with van der Waals surface area (Å²) in [6, 6.07) is -0.621. The van der Waals surface area contributed by atoms with Crippen molar-refractivity contribution in [3.8, 4) is 0 Å². The van der Waals surface area contributed by atoms with Crippen LogP contribution in [0.15, 0.2) is 0 Å². The highest BCUT2D eigenvalue weighted by Gasteiger charge is 2.39. The van der Waals surface area contributed by atoms with Crippen LogP contribution in [0.4, 0.5) is 0 Å². The Labute approximate surface area is 124 Å². The number of carbonyl (C=O) groups is 3. The van der Waals surface area contributed by atoms with Crippen LogP contribution in [0.3, 0.4) is 0 Å². The topological polar surface area (TPSA) is 86.7 Å². The number of aliphatic carboxylic acids is 1. The SMILES string of the molecule is CC(C)[C@@H](NC(=O)C1CC(=O)N(C2CCCC2)C1)C(=O)O. The average molecular weight is 296 g/mol. The van der Waals surface area contributed by atoms with Gasteiger partial charge in [0.05, 0.1) is 5.92 Å². The van der Waals surface area contributed by atoms with E-state index in [4.69, 9.17) is 5.11 Å². The van der Waals surface area contributed by atoms with Gasteiger partial charge in [-0.25, -0.2) is 4.79 Å². The lowest BCUT2D eigenvalue weighted by molar-refractivity contribution is -0.143. The smallest absolute Gasteiger partial charge is 0.326 e. The molecule has 0 aromatic carbocycles. The molecule has 2 amide bonds. The largest absolute Gasteiger partial charge is 0.480 e. The van der Waals surface area contributed by atoms with Crippen molar-refractivity contribution in [3.05, 3.63) is 0 Å². The fourth-order valence-corrected chi connectivity index (χ4v) is 3.26. The Kier molecular flexibility index (Phi) is 4.85. The quantitative estimate of drug-likeness (QED) is 0.792. The minimum absolute atomic E-state index is 0.0264. The highest BCUT2D eigenvalue weighted by atomic mass is 16.4. The van der Waals surface area contributed by atoms with Crippen molar-refractivity contribution in [3.63, 3.8) is 0 Å². The normalized spacial score (nSPS) is 24.6. The third kappa shape index (κ3) is 3.54. The van der Waals surface area contributed by atoms with E-state index in [1.807, 2.05) is 4.90 Å². The van der Waals surface area contributed by atoms with Gasteiger partial charge < -0.3 is 15.3 Å². The monoisotopic (exact) mass is 296 g/mol. The molecular formula is C15H24N2O4. The Balaban J connectivity index is 1.94. The van der Waals surface area contributed by atoms with E-state index < -0.39 is 17.9 Å². The van der Waals surface area contributed by atoms with Crippen molar-refractivity contribution >= 4 is 17.8 Å². The third-order valence-corrected chi connectivity index (χ3v) is 4.53. The van der Waals surface area contributed by atoms with E-state index in [0.29, 0.717) is 6.54 Å². The minimum Gasteiger partial charge on any atom is -0.480 e. The fraction of sp³-hybridized carbons (Fsp3) is 0.800. The summed E-state index contributed by atoms with van der Waals surface area (Å²) in [7, 11) is 0. The number of carbonyl (C=O) groups excluding carboxylic acids is 2. The number of rotatable bonds is 5. The molecule has 21 heavy (non-hydrogen) atoms. The van der Waals surface area contributed by atoms with Crippen molar-refractivity contribution in [1.29, 1.82) is 0 Å². The molecule has 2 atom stereocenters. The number of hydrogen-bond acceptors (Lipinski definition) is 3. The van der Waals surface area contributed by atoms with Gasteiger partial charge in [-0.2, -0.15) is 0 Å². The summed E-state index contributed by atoms with van der Waals surface area (Å²) in [5.41, 5.74) is 0. The lowest BCUT2D eigenvalue weighted by Crippen LogP contribution is -2.47. The summed E-state index contributed by atoms with van der Waals surface area (Å²) in [6.45, 7) is 3.94. The van der Waals surface area contributed by atoms with Crippen LogP contribution in [0.5, 0.6) is 0 Å². The highest BCUT2D eigenvalue weighted by molar-refractivity contribution is 5.91. The van der Waals surface area contributed by atoms with E-state index in [1.54, 1.807) is 13.8 Å². The molecule has 2 rings (SSSR count). The molecule has 6 nitrogen and oxygen atoms in total. The molecule has 0 radical (unpaired) electrons. The van der Waals surface area contributed by atoms with Gasteiger partial charge in [-0.1, -0.05) is 26.7 Å². The first-order valence-electron chi connectivity index (χ1n) is 7.72. The van der Waals surface area contributed by atoms with Crippen LogP contribution in [0.1, 0.15) is 46.0 Å². The van der Waals surface area contributed by atoms with Crippen LogP contribution < -0.4 is 5.32 Å². The number of nitrogens with one attached hydrogen (secondary N) is 1. The first-order chi connectivity index (χ1) is 9.90. The Bertz CT molecular complexity index is 429. The molecule has 1 aliphatic carbocycles. The predicted molar refractivity (Wildman–Crippen MR) is 76.5 cm³/mol. The average Bonchev–Trinajstić information content (AvgIpc) is 3.03. The van der Waals surface area contributed by atoms with Crippen LogP contribution in [0.2, 0.25) is 0 Å². The maximum Gasteiger partial charge on any atom is 0.326 e. The first kappa shape index (κ1) is 15.8. The zero-order chi connectivity index (χ0) is 15.6. The van der Waals surface area contributed by atoms with E-state index in [1.165, 1.54) is 0 Å². The molecule has 1 saturated carbocycles. The molecule has 2 aliphatic rings. The second kappa shape index (κ2) is 6.45. The van der Waals surface area contributed by atoms with Gasteiger partial charge >= 0.3 is 5.97 Å². The van der Waals surface area contributed by atoms with Gasteiger partial charge in [-0.15, -0.1) is 0 Å². The summed E-state index contributed by atoms with van der Waals surface area (Å²) in [5, 5.41) is 11.7. The number of carboxylic acids is 1. The maximum atomic E-state index is 12.2. The van der Waals surface area contributed by atoms with Gasteiger partial charge in [-0.3, -0.25) is 9.59 Å². The van der Waals surface area contributed by atoms with Crippen molar-refractivity contribution in [2.45, 2.75) is 58.0 Å². The molecule has 118 valence electrons. The molecule has 2 fully saturated rings. The van der Waals surface area contributed by atoms with E-state index >= 15 is 0 Å².